The van der Waals surface area contributed by atoms with Gasteiger partial charge in [-0.2, -0.15) is 4.68 Å². The van der Waals surface area contributed by atoms with Crippen molar-refractivity contribution in [3.8, 4) is 22.9 Å². The number of likely N-dealkylation sites (N-methyl/N-ethyl adjacent to an activating group) is 1. The highest BCUT2D eigenvalue weighted by molar-refractivity contribution is 5.96. The number of methoxy groups -OCH3 is 1. The largest absolute Gasteiger partial charge is 0.492 e. The zero-order valence-corrected chi connectivity index (χ0v) is 16.5. The van der Waals surface area contributed by atoms with Gasteiger partial charge >= 0.3 is 0 Å². The fourth-order valence-electron chi connectivity index (χ4n) is 4.16. The Labute approximate surface area is 172 Å². The third-order valence-corrected chi connectivity index (χ3v) is 5.53. The molecule has 2 aliphatic rings. The number of hydrogen-bond donors (Lipinski definition) is 1. The molecule has 0 saturated carbocycles. The van der Waals surface area contributed by atoms with Crippen LogP contribution in [0.25, 0.3) is 5.69 Å². The van der Waals surface area contributed by atoms with E-state index in [2.05, 4.69) is 20.4 Å². The number of carbonyl (C=O) groups is 1. The lowest BCUT2D eigenvalue weighted by atomic mass is 9.90. The summed E-state index contributed by atoms with van der Waals surface area (Å²) in [7, 11) is 3.60. The molecule has 154 valence electrons. The normalized spacial score (nSPS) is 17.6. The summed E-state index contributed by atoms with van der Waals surface area (Å²) < 4.78 is 18.6. The van der Waals surface area contributed by atoms with Crippen molar-refractivity contribution in [2.45, 2.75) is 12.5 Å². The molecule has 1 aromatic heterocycles. The molecule has 0 spiro atoms. The Hall–Kier alpha value is -3.66. The van der Waals surface area contributed by atoms with Crippen molar-refractivity contribution in [2.75, 3.05) is 27.5 Å². The molecule has 10 nitrogen and oxygen atoms in total. The predicted molar refractivity (Wildman–Crippen MR) is 105 cm³/mol. The van der Waals surface area contributed by atoms with Gasteiger partial charge in [-0.15, -0.1) is 5.10 Å². The lowest BCUT2D eigenvalue weighted by Gasteiger charge is -2.34. The smallest absolute Gasteiger partial charge is 0.250 e. The molecule has 2 aliphatic heterocycles. The first-order chi connectivity index (χ1) is 14.6. The second-order valence-corrected chi connectivity index (χ2v) is 7.18. The van der Waals surface area contributed by atoms with E-state index in [-0.39, 0.29) is 12.8 Å². The van der Waals surface area contributed by atoms with E-state index in [1.807, 2.05) is 19.2 Å². The first kappa shape index (κ1) is 18.4. The van der Waals surface area contributed by atoms with Crippen LogP contribution in [-0.4, -0.2) is 58.5 Å². The molecule has 2 aromatic carbocycles. The van der Waals surface area contributed by atoms with Gasteiger partial charge in [0.15, 0.2) is 17.3 Å². The molecule has 0 saturated heterocycles. The van der Waals surface area contributed by atoms with E-state index in [1.165, 1.54) is 0 Å². The van der Waals surface area contributed by atoms with Crippen molar-refractivity contribution >= 4 is 5.91 Å². The quantitative estimate of drug-likeness (QED) is 0.681. The average Bonchev–Trinajstić information content (AvgIpc) is 3.41. The summed E-state index contributed by atoms with van der Waals surface area (Å²) in [5, 5.41) is 12.4. The van der Waals surface area contributed by atoms with E-state index in [9.17, 15) is 4.79 Å². The Kier molecular flexibility index (Phi) is 4.28. The molecule has 1 unspecified atom stereocenters. The maximum atomic E-state index is 12.0. The van der Waals surface area contributed by atoms with Crippen LogP contribution in [0.4, 0.5) is 0 Å². The van der Waals surface area contributed by atoms with Crippen molar-refractivity contribution in [2.24, 2.45) is 5.73 Å². The number of nitrogens with two attached hydrogens (primary N) is 1. The van der Waals surface area contributed by atoms with E-state index < -0.39 is 5.91 Å². The van der Waals surface area contributed by atoms with Crippen LogP contribution in [0.15, 0.2) is 30.3 Å². The number of benzene rings is 2. The van der Waals surface area contributed by atoms with Crippen LogP contribution in [-0.2, 0) is 6.42 Å². The highest BCUT2D eigenvalue weighted by Gasteiger charge is 2.38. The summed E-state index contributed by atoms with van der Waals surface area (Å²) in [5.41, 5.74) is 8.43. The summed E-state index contributed by atoms with van der Waals surface area (Å²) in [4.78, 5) is 14.1. The SMILES string of the molecule is COc1c2c(cc3c1C(c1nnnn1-c1ccccc1C(N)=O)N(C)CC3)OCO2. The van der Waals surface area contributed by atoms with Gasteiger partial charge < -0.3 is 19.9 Å². The first-order valence-electron chi connectivity index (χ1n) is 9.47. The van der Waals surface area contributed by atoms with Crippen LogP contribution in [0, 0.1) is 0 Å². The molecule has 0 aliphatic carbocycles. The number of fused-ring (bicyclic) bond motifs is 2. The molecular weight excluding hydrogens is 388 g/mol. The molecule has 3 aromatic rings. The number of nitrogens with zero attached hydrogens (tertiary/aromatic N) is 5. The van der Waals surface area contributed by atoms with E-state index in [1.54, 1.807) is 30.0 Å². The molecular formula is C20H20N6O4. The Morgan fingerprint density at radius 2 is 2.13 bits per heavy atom. The number of para-hydroxylation sites is 1. The van der Waals surface area contributed by atoms with E-state index in [0.29, 0.717) is 34.3 Å². The summed E-state index contributed by atoms with van der Waals surface area (Å²) in [6.07, 6.45) is 0.814. The highest BCUT2D eigenvalue weighted by Crippen LogP contribution is 2.50. The molecule has 10 heteroatoms. The second-order valence-electron chi connectivity index (χ2n) is 7.18. The lowest BCUT2D eigenvalue weighted by Crippen LogP contribution is -2.35. The number of aromatic nitrogens is 4. The van der Waals surface area contributed by atoms with Crippen LogP contribution in [0.5, 0.6) is 17.2 Å². The number of hydrogen-bond acceptors (Lipinski definition) is 8. The van der Waals surface area contributed by atoms with Crippen LogP contribution in [0.2, 0.25) is 0 Å². The Morgan fingerprint density at radius 3 is 2.93 bits per heavy atom. The van der Waals surface area contributed by atoms with Crippen molar-refractivity contribution in [3.05, 3.63) is 52.8 Å². The van der Waals surface area contributed by atoms with Gasteiger partial charge in [0.2, 0.25) is 12.5 Å². The Balaban J connectivity index is 1.72. The van der Waals surface area contributed by atoms with Crippen molar-refractivity contribution in [1.29, 1.82) is 0 Å². The molecule has 0 radical (unpaired) electrons. The van der Waals surface area contributed by atoms with Gasteiger partial charge in [-0.25, -0.2) is 0 Å². The molecule has 0 fully saturated rings. The third kappa shape index (κ3) is 2.68. The number of carbonyl (C=O) groups excluding carboxylic acids is 1. The molecule has 5 rings (SSSR count). The molecule has 2 N–H and O–H groups in total. The van der Waals surface area contributed by atoms with Crippen LogP contribution in [0.1, 0.15) is 33.4 Å². The number of rotatable bonds is 4. The lowest BCUT2D eigenvalue weighted by molar-refractivity contribution is 0.1000. The molecule has 3 heterocycles. The zero-order chi connectivity index (χ0) is 20.8. The highest BCUT2D eigenvalue weighted by atomic mass is 16.7. The van der Waals surface area contributed by atoms with Gasteiger partial charge in [0.25, 0.3) is 5.91 Å². The Morgan fingerprint density at radius 1 is 1.30 bits per heavy atom. The summed E-state index contributed by atoms with van der Waals surface area (Å²) in [6, 6.07) is 8.64. The van der Waals surface area contributed by atoms with Gasteiger partial charge in [-0.3, -0.25) is 9.69 Å². The van der Waals surface area contributed by atoms with E-state index in [4.69, 9.17) is 19.9 Å². The molecule has 0 bridgehead atoms. The first-order valence-corrected chi connectivity index (χ1v) is 9.47. The maximum Gasteiger partial charge on any atom is 0.250 e. The van der Waals surface area contributed by atoms with E-state index >= 15 is 0 Å². The van der Waals surface area contributed by atoms with Crippen LogP contribution >= 0.6 is 0 Å². The number of tetrazole rings is 1. The molecule has 1 amide bonds. The van der Waals surface area contributed by atoms with Gasteiger partial charge in [0.05, 0.1) is 18.4 Å². The fourth-order valence-corrected chi connectivity index (χ4v) is 4.16. The van der Waals surface area contributed by atoms with Gasteiger partial charge in [-0.05, 0) is 47.7 Å². The third-order valence-electron chi connectivity index (χ3n) is 5.53. The van der Waals surface area contributed by atoms with Crippen molar-refractivity contribution in [3.63, 3.8) is 0 Å². The summed E-state index contributed by atoms with van der Waals surface area (Å²) in [6.45, 7) is 0.934. The van der Waals surface area contributed by atoms with Crippen LogP contribution in [0.3, 0.4) is 0 Å². The monoisotopic (exact) mass is 408 g/mol. The van der Waals surface area contributed by atoms with E-state index in [0.717, 1.165) is 24.1 Å². The average molecular weight is 408 g/mol. The second kappa shape index (κ2) is 6.99. The number of amides is 1. The molecule has 30 heavy (non-hydrogen) atoms. The van der Waals surface area contributed by atoms with Gasteiger partial charge in [-0.1, -0.05) is 12.1 Å². The van der Waals surface area contributed by atoms with Crippen molar-refractivity contribution < 1.29 is 19.0 Å². The molecule has 1 atom stereocenters. The number of ether oxygens (including phenoxy) is 3. The Bertz CT molecular complexity index is 1140. The standard InChI is InChI=1S/C20H20N6O4/c1-25-8-7-11-9-14-17(30-10-29-14)18(28-2)15(11)16(25)20-22-23-24-26(20)13-6-4-3-5-12(13)19(21)27/h3-6,9,16H,7-8,10H2,1-2H3,(H2,21,27). The minimum Gasteiger partial charge on any atom is -0.492 e. The van der Waals surface area contributed by atoms with Gasteiger partial charge in [0, 0.05) is 12.1 Å². The topological polar surface area (TPSA) is 118 Å². The zero-order valence-electron chi connectivity index (χ0n) is 16.5. The maximum absolute atomic E-state index is 12.0. The minimum absolute atomic E-state index is 0.152. The van der Waals surface area contributed by atoms with Crippen LogP contribution < -0.4 is 19.9 Å². The predicted octanol–water partition coefficient (Wildman–Crippen LogP) is 1.08. The van der Waals surface area contributed by atoms with Crippen molar-refractivity contribution in [1.82, 2.24) is 25.1 Å². The number of primary amides is 1. The summed E-state index contributed by atoms with van der Waals surface area (Å²) >= 11 is 0. The summed E-state index contributed by atoms with van der Waals surface area (Å²) in [5.74, 6) is 1.85. The minimum atomic E-state index is -0.551. The fraction of sp³-hybridized carbons (Fsp3) is 0.300. The van der Waals surface area contributed by atoms with Gasteiger partial charge in [0.1, 0.15) is 6.04 Å².